The second kappa shape index (κ2) is 8.07. The molecule has 1 aromatic carbocycles. The number of hydrogen-bond donors (Lipinski definition) is 1. The van der Waals surface area contributed by atoms with E-state index in [2.05, 4.69) is 0 Å². The number of ether oxygens (including phenoxy) is 1. The number of carbonyl (C=O) groups excluding carboxylic acids is 3. The Bertz CT molecular complexity index is 671. The molecule has 1 aliphatic rings. The maximum absolute atomic E-state index is 12.3. The molecule has 0 aliphatic carbocycles. The average molecular weight is 345 g/mol. The standard InChI is InChI=1S/C19H23NO5/c1-12(2)8-9-15(19(24)25-3)16(21)10-11-20-17(22)13-6-4-5-7-14(13)18(20)23/h4-8,15-16,21H,9-11H2,1-3H3/t15-,16-/m1/s1. The van der Waals surface area contributed by atoms with E-state index in [1.54, 1.807) is 24.3 Å². The molecule has 25 heavy (non-hydrogen) atoms. The van der Waals surface area contributed by atoms with Gasteiger partial charge in [0.25, 0.3) is 11.8 Å². The lowest BCUT2D eigenvalue weighted by molar-refractivity contribution is -0.149. The van der Waals surface area contributed by atoms with Crippen molar-refractivity contribution in [1.29, 1.82) is 0 Å². The minimum absolute atomic E-state index is 0.0514. The van der Waals surface area contributed by atoms with Crippen LogP contribution in [0, 0.1) is 5.92 Å². The van der Waals surface area contributed by atoms with Crippen molar-refractivity contribution in [3.63, 3.8) is 0 Å². The quantitative estimate of drug-likeness (QED) is 0.465. The van der Waals surface area contributed by atoms with Gasteiger partial charge in [0, 0.05) is 6.54 Å². The molecule has 1 aliphatic heterocycles. The van der Waals surface area contributed by atoms with Crippen molar-refractivity contribution in [3.8, 4) is 0 Å². The van der Waals surface area contributed by atoms with Crippen molar-refractivity contribution in [2.24, 2.45) is 5.92 Å². The Morgan fingerprint density at radius 2 is 1.76 bits per heavy atom. The maximum atomic E-state index is 12.3. The Labute approximate surface area is 147 Å². The van der Waals surface area contributed by atoms with E-state index < -0.39 is 18.0 Å². The first-order valence-electron chi connectivity index (χ1n) is 8.21. The van der Waals surface area contributed by atoms with Gasteiger partial charge in [0.05, 0.1) is 30.3 Å². The van der Waals surface area contributed by atoms with Crippen LogP contribution in [0.5, 0.6) is 0 Å². The second-order valence-electron chi connectivity index (χ2n) is 6.31. The number of aliphatic hydroxyl groups excluding tert-OH is 1. The van der Waals surface area contributed by atoms with Crippen molar-refractivity contribution in [3.05, 3.63) is 47.0 Å². The van der Waals surface area contributed by atoms with E-state index >= 15 is 0 Å². The number of imide groups is 1. The molecule has 2 amide bonds. The van der Waals surface area contributed by atoms with Crippen LogP contribution >= 0.6 is 0 Å². The summed E-state index contributed by atoms with van der Waals surface area (Å²) in [7, 11) is 1.27. The lowest BCUT2D eigenvalue weighted by atomic mass is 9.95. The predicted molar refractivity (Wildman–Crippen MR) is 92.0 cm³/mol. The van der Waals surface area contributed by atoms with E-state index in [0.29, 0.717) is 17.5 Å². The van der Waals surface area contributed by atoms with Crippen molar-refractivity contribution >= 4 is 17.8 Å². The lowest BCUT2D eigenvalue weighted by Gasteiger charge is -2.22. The summed E-state index contributed by atoms with van der Waals surface area (Å²) in [6.45, 7) is 3.86. The van der Waals surface area contributed by atoms with Crippen molar-refractivity contribution in [2.75, 3.05) is 13.7 Å². The molecule has 0 aromatic heterocycles. The van der Waals surface area contributed by atoms with Gasteiger partial charge in [-0.05, 0) is 38.8 Å². The third-order valence-electron chi connectivity index (χ3n) is 4.28. The number of rotatable bonds is 7. The number of carbonyl (C=O) groups is 3. The third-order valence-corrected chi connectivity index (χ3v) is 4.28. The predicted octanol–water partition coefficient (Wildman–Crippen LogP) is 2.18. The fraction of sp³-hybridized carbons (Fsp3) is 0.421. The molecule has 1 N–H and O–H groups in total. The minimum atomic E-state index is -1.01. The fourth-order valence-electron chi connectivity index (χ4n) is 2.83. The zero-order valence-electron chi connectivity index (χ0n) is 14.7. The third kappa shape index (κ3) is 4.14. The van der Waals surface area contributed by atoms with Gasteiger partial charge in [0.2, 0.25) is 0 Å². The Kier molecular flexibility index (Phi) is 6.09. The van der Waals surface area contributed by atoms with Crippen LogP contribution < -0.4 is 0 Å². The zero-order chi connectivity index (χ0) is 18.6. The molecule has 1 aromatic rings. The van der Waals surface area contributed by atoms with Crippen molar-refractivity contribution in [2.45, 2.75) is 32.8 Å². The van der Waals surface area contributed by atoms with E-state index in [4.69, 9.17) is 4.74 Å². The molecule has 134 valence electrons. The Balaban J connectivity index is 2.04. The molecular weight excluding hydrogens is 322 g/mol. The van der Waals surface area contributed by atoms with Crippen LogP contribution in [0.1, 0.15) is 47.4 Å². The van der Waals surface area contributed by atoms with E-state index in [1.807, 2.05) is 19.9 Å². The van der Waals surface area contributed by atoms with Crippen LogP contribution in [0.2, 0.25) is 0 Å². The van der Waals surface area contributed by atoms with Crippen molar-refractivity contribution < 1.29 is 24.2 Å². The number of amides is 2. The number of aliphatic hydroxyl groups is 1. The van der Waals surface area contributed by atoms with Crippen LogP contribution in [0.25, 0.3) is 0 Å². The molecule has 0 spiro atoms. The molecule has 6 heteroatoms. The number of benzene rings is 1. The number of methoxy groups -OCH3 is 1. The summed E-state index contributed by atoms with van der Waals surface area (Å²) in [6.07, 6.45) is 1.31. The smallest absolute Gasteiger partial charge is 0.311 e. The molecule has 2 atom stereocenters. The Morgan fingerprint density at radius 3 is 2.24 bits per heavy atom. The highest BCUT2D eigenvalue weighted by molar-refractivity contribution is 6.21. The van der Waals surface area contributed by atoms with Crippen LogP contribution in [-0.2, 0) is 9.53 Å². The molecule has 0 fully saturated rings. The first-order valence-corrected chi connectivity index (χ1v) is 8.21. The van der Waals surface area contributed by atoms with Gasteiger partial charge in [-0.2, -0.15) is 0 Å². The molecule has 0 bridgehead atoms. The first-order chi connectivity index (χ1) is 11.9. The Morgan fingerprint density at radius 1 is 1.20 bits per heavy atom. The molecule has 0 saturated carbocycles. The molecular formula is C19H23NO5. The number of fused-ring (bicyclic) bond motifs is 1. The topological polar surface area (TPSA) is 83.9 Å². The van der Waals surface area contributed by atoms with Crippen LogP contribution in [-0.4, -0.2) is 47.5 Å². The van der Waals surface area contributed by atoms with Gasteiger partial charge in [0.15, 0.2) is 0 Å². The van der Waals surface area contributed by atoms with E-state index in [1.165, 1.54) is 7.11 Å². The minimum Gasteiger partial charge on any atom is -0.469 e. The normalized spacial score (nSPS) is 15.6. The van der Waals surface area contributed by atoms with Gasteiger partial charge in [-0.25, -0.2) is 0 Å². The van der Waals surface area contributed by atoms with Gasteiger partial charge in [-0.3, -0.25) is 19.3 Å². The average Bonchev–Trinajstić information content (AvgIpc) is 2.84. The van der Waals surface area contributed by atoms with E-state index in [9.17, 15) is 19.5 Å². The SMILES string of the molecule is COC(=O)[C@H](CC=C(C)C)[C@H](O)CCN1C(=O)c2ccccc2C1=O. The largest absolute Gasteiger partial charge is 0.469 e. The van der Waals surface area contributed by atoms with Crippen molar-refractivity contribution in [1.82, 2.24) is 4.90 Å². The van der Waals surface area contributed by atoms with E-state index in [0.717, 1.165) is 10.5 Å². The molecule has 0 saturated heterocycles. The van der Waals surface area contributed by atoms with Gasteiger partial charge >= 0.3 is 5.97 Å². The summed E-state index contributed by atoms with van der Waals surface area (Å²) in [5.74, 6) is -1.97. The van der Waals surface area contributed by atoms with Gasteiger partial charge in [-0.15, -0.1) is 0 Å². The number of esters is 1. The molecule has 2 rings (SSSR count). The van der Waals surface area contributed by atoms with Gasteiger partial charge < -0.3 is 9.84 Å². The summed E-state index contributed by atoms with van der Waals surface area (Å²) in [6, 6.07) is 6.63. The highest BCUT2D eigenvalue weighted by Crippen LogP contribution is 2.24. The molecule has 6 nitrogen and oxygen atoms in total. The summed E-state index contributed by atoms with van der Waals surface area (Å²) in [4.78, 5) is 37.7. The number of allylic oxidation sites excluding steroid dienone is 2. The number of nitrogens with zero attached hydrogens (tertiary/aromatic N) is 1. The zero-order valence-corrected chi connectivity index (χ0v) is 14.7. The summed E-state index contributed by atoms with van der Waals surface area (Å²) in [5.41, 5.74) is 1.77. The van der Waals surface area contributed by atoms with Gasteiger partial charge in [0.1, 0.15) is 0 Å². The Hall–Kier alpha value is -2.47. The monoisotopic (exact) mass is 345 g/mol. The maximum Gasteiger partial charge on any atom is 0.311 e. The number of hydrogen-bond acceptors (Lipinski definition) is 5. The summed E-state index contributed by atoms with van der Waals surface area (Å²) in [5, 5.41) is 10.4. The second-order valence-corrected chi connectivity index (χ2v) is 6.31. The summed E-state index contributed by atoms with van der Waals surface area (Å²) < 4.78 is 4.75. The van der Waals surface area contributed by atoms with Crippen LogP contribution in [0.15, 0.2) is 35.9 Å². The first kappa shape index (κ1) is 18.9. The molecule has 0 unspecified atom stereocenters. The molecule has 0 radical (unpaired) electrons. The highest BCUT2D eigenvalue weighted by atomic mass is 16.5. The van der Waals surface area contributed by atoms with Gasteiger partial charge in [-0.1, -0.05) is 23.8 Å². The van der Waals surface area contributed by atoms with Crippen LogP contribution in [0.3, 0.4) is 0 Å². The highest BCUT2D eigenvalue weighted by Gasteiger charge is 2.36. The van der Waals surface area contributed by atoms with E-state index in [-0.39, 0.29) is 24.8 Å². The molecule has 1 heterocycles. The lowest BCUT2D eigenvalue weighted by Crippen LogP contribution is -2.36. The van der Waals surface area contributed by atoms with Crippen LogP contribution in [0.4, 0.5) is 0 Å². The summed E-state index contributed by atoms with van der Waals surface area (Å²) >= 11 is 0. The fourth-order valence-corrected chi connectivity index (χ4v) is 2.83.